The van der Waals surface area contributed by atoms with Gasteiger partial charge in [-0.15, -0.1) is 0 Å². The van der Waals surface area contributed by atoms with E-state index in [2.05, 4.69) is 59.7 Å². The van der Waals surface area contributed by atoms with Crippen LogP contribution in [0.3, 0.4) is 0 Å². The quantitative estimate of drug-likeness (QED) is 0.0203. The number of aromatic carboxylic acids is 1. The molecule has 5 aromatic carbocycles. The lowest BCUT2D eigenvalue weighted by Gasteiger charge is -2.18. The lowest BCUT2D eigenvalue weighted by atomic mass is 9.92. The Bertz CT molecular complexity index is 2350. The molecule has 0 radical (unpaired) electrons. The molecule has 5 aromatic rings. The molecule has 0 fully saturated rings. The highest BCUT2D eigenvalue weighted by atomic mass is 16.5. The number of nitrogens with one attached hydrogen (secondary N) is 1. The molecule has 62 heavy (non-hydrogen) atoms. The van der Waals surface area contributed by atoms with Crippen LogP contribution in [-0.2, 0) is 36.9 Å². The molecule has 1 amide bonds. The predicted molar refractivity (Wildman–Crippen MR) is 244 cm³/mol. The molecular weight excluding hydrogens is 779 g/mol. The van der Waals surface area contributed by atoms with Crippen molar-refractivity contribution in [2.24, 2.45) is 10.2 Å². The second kappa shape index (κ2) is 23.3. The fraction of sp³-hybridized carbons (Fsp3) is 0.333. The fourth-order valence-electron chi connectivity index (χ4n) is 7.31. The maximum Gasteiger partial charge on any atom is 0.335 e. The smallest absolute Gasteiger partial charge is 0.335 e. The highest BCUT2D eigenvalue weighted by Crippen LogP contribution is 2.30. The lowest BCUT2D eigenvalue weighted by molar-refractivity contribution is -0.134. The van der Waals surface area contributed by atoms with Gasteiger partial charge in [-0.05, 0) is 145 Å². The zero-order valence-corrected chi connectivity index (χ0v) is 36.3. The average molecular weight is 836 g/mol. The molecule has 0 aliphatic heterocycles. The summed E-state index contributed by atoms with van der Waals surface area (Å²) >= 11 is 0. The largest absolute Gasteiger partial charge is 0.494 e. The van der Waals surface area contributed by atoms with E-state index in [1.807, 2.05) is 38.1 Å². The highest BCUT2D eigenvalue weighted by Gasteiger charge is 2.19. The first-order valence-corrected chi connectivity index (χ1v) is 21.6. The number of benzene rings is 5. The Morgan fingerprint density at radius 3 is 1.73 bits per heavy atom. The van der Waals surface area contributed by atoms with E-state index in [0.717, 1.165) is 90.6 Å². The second-order valence-electron chi connectivity index (χ2n) is 15.3. The van der Waals surface area contributed by atoms with Crippen molar-refractivity contribution >= 4 is 40.6 Å². The maximum atomic E-state index is 13.7. The fourth-order valence-corrected chi connectivity index (χ4v) is 7.31. The average Bonchev–Trinajstić information content (AvgIpc) is 3.28. The minimum Gasteiger partial charge on any atom is -0.494 e. The standard InChI is InChI=1S/C51H57N5O6/c1-5-37-26-35(27-38(6-2)48(37)53)25-36-28-39(7-3)49(40(8-4)29-36)54-50(58)41-30-42(51(59)60)32-46(31-41)62-47(57)15-13-11-9-10-12-14-24-61-45-22-20-44(21-23-45)56-55-43-18-16-34(33-52)17-19-43/h16-23,26-32H,5-15,24-25,53H2,1-4H3,(H,54,58)(H,59,60). The maximum absolute atomic E-state index is 13.7. The number of carboxylic acid groups (broad SMARTS) is 1. The van der Waals surface area contributed by atoms with Gasteiger partial charge in [-0.1, -0.05) is 77.6 Å². The number of carbonyl (C=O) groups excluding carboxylic acids is 2. The summed E-state index contributed by atoms with van der Waals surface area (Å²) in [4.78, 5) is 38.6. The zero-order chi connectivity index (χ0) is 44.4. The van der Waals surface area contributed by atoms with Crippen molar-refractivity contribution in [1.29, 1.82) is 5.26 Å². The number of unbranched alkanes of at least 4 members (excludes halogenated alkanes) is 5. The van der Waals surface area contributed by atoms with Gasteiger partial charge in [-0.2, -0.15) is 15.5 Å². The normalized spacial score (nSPS) is 11.0. The zero-order valence-electron chi connectivity index (χ0n) is 36.3. The Labute approximate surface area is 365 Å². The number of aryl methyl sites for hydroxylation is 4. The van der Waals surface area contributed by atoms with Crippen molar-refractivity contribution < 1.29 is 29.0 Å². The Morgan fingerprint density at radius 2 is 1.18 bits per heavy atom. The molecule has 0 heterocycles. The minimum atomic E-state index is -1.23. The third-order valence-corrected chi connectivity index (χ3v) is 10.7. The summed E-state index contributed by atoms with van der Waals surface area (Å²) in [5.74, 6) is -1.42. The summed E-state index contributed by atoms with van der Waals surface area (Å²) < 4.78 is 11.4. The lowest BCUT2D eigenvalue weighted by Crippen LogP contribution is -2.17. The van der Waals surface area contributed by atoms with Crippen molar-refractivity contribution in [3.8, 4) is 17.6 Å². The topological polar surface area (TPSA) is 176 Å². The van der Waals surface area contributed by atoms with Crippen LogP contribution in [0.1, 0.15) is 132 Å². The second-order valence-corrected chi connectivity index (χ2v) is 15.3. The van der Waals surface area contributed by atoms with E-state index in [1.165, 1.54) is 23.8 Å². The number of hydrogen-bond acceptors (Lipinski definition) is 9. The summed E-state index contributed by atoms with van der Waals surface area (Å²) in [6.07, 6.45) is 9.29. The number of nitrogen functional groups attached to an aromatic ring is 1. The van der Waals surface area contributed by atoms with E-state index in [-0.39, 0.29) is 23.3 Å². The molecule has 0 aliphatic rings. The summed E-state index contributed by atoms with van der Waals surface area (Å²) in [6.45, 7) is 8.90. The molecule has 0 unspecified atom stereocenters. The van der Waals surface area contributed by atoms with Gasteiger partial charge in [-0.25, -0.2) is 4.79 Å². The SMILES string of the molecule is CCc1cc(Cc2cc(CC)c(NC(=O)c3cc(OC(=O)CCCCCCCCOc4ccc(N=Nc5ccc(C#N)cc5)cc4)cc(C(=O)O)c3)c(CC)c2)cc(CC)c1N. The monoisotopic (exact) mass is 835 g/mol. The molecule has 0 saturated carbocycles. The van der Waals surface area contributed by atoms with E-state index in [9.17, 15) is 19.5 Å². The molecule has 5 rings (SSSR count). The number of nitrogens with zero attached hydrogens (tertiary/aromatic N) is 3. The minimum absolute atomic E-state index is 0.0189. The molecule has 11 nitrogen and oxygen atoms in total. The van der Waals surface area contributed by atoms with Gasteiger partial charge in [0.15, 0.2) is 0 Å². The third-order valence-electron chi connectivity index (χ3n) is 10.7. The first-order valence-electron chi connectivity index (χ1n) is 21.6. The molecule has 4 N–H and O–H groups in total. The number of ether oxygens (including phenoxy) is 2. The molecule has 0 spiro atoms. The number of carboxylic acids is 1. The predicted octanol–water partition coefficient (Wildman–Crippen LogP) is 12.1. The summed E-state index contributed by atoms with van der Waals surface area (Å²) in [5, 5.41) is 30.2. The van der Waals surface area contributed by atoms with Crippen molar-refractivity contribution in [3.63, 3.8) is 0 Å². The van der Waals surface area contributed by atoms with Crippen LogP contribution in [0.5, 0.6) is 11.5 Å². The first kappa shape index (κ1) is 46.3. The van der Waals surface area contributed by atoms with E-state index in [4.69, 9.17) is 20.5 Å². The van der Waals surface area contributed by atoms with E-state index in [1.54, 1.807) is 24.3 Å². The number of carbonyl (C=O) groups is 3. The third kappa shape index (κ3) is 13.4. The highest BCUT2D eigenvalue weighted by molar-refractivity contribution is 6.07. The van der Waals surface area contributed by atoms with Crippen molar-refractivity contribution in [3.05, 3.63) is 141 Å². The van der Waals surface area contributed by atoms with Gasteiger partial charge in [-0.3, -0.25) is 9.59 Å². The van der Waals surface area contributed by atoms with E-state index in [0.29, 0.717) is 48.5 Å². The van der Waals surface area contributed by atoms with Gasteiger partial charge in [0, 0.05) is 23.4 Å². The molecule has 0 aliphatic carbocycles. The number of rotatable bonds is 22. The summed E-state index contributed by atoms with van der Waals surface area (Å²) in [7, 11) is 0. The van der Waals surface area contributed by atoms with Crippen LogP contribution in [0.4, 0.5) is 22.7 Å². The van der Waals surface area contributed by atoms with Crippen molar-refractivity contribution in [1.82, 2.24) is 0 Å². The molecule has 0 aromatic heterocycles. The number of nitriles is 1. The molecule has 11 heteroatoms. The van der Waals surface area contributed by atoms with Gasteiger partial charge >= 0.3 is 11.9 Å². The number of hydrogen-bond donors (Lipinski definition) is 3. The number of esters is 1. The van der Waals surface area contributed by atoms with Crippen LogP contribution in [0.15, 0.2) is 101 Å². The van der Waals surface area contributed by atoms with E-state index < -0.39 is 17.8 Å². The number of nitrogens with two attached hydrogens (primary N) is 1. The van der Waals surface area contributed by atoms with Gasteiger partial charge in [0.25, 0.3) is 5.91 Å². The molecule has 322 valence electrons. The molecular formula is C51H57N5O6. The number of anilines is 2. The van der Waals surface area contributed by atoms with Crippen LogP contribution in [0.25, 0.3) is 0 Å². The Balaban J connectivity index is 1.07. The number of amides is 1. The van der Waals surface area contributed by atoms with Gasteiger partial charge < -0.3 is 25.6 Å². The molecule has 0 saturated heterocycles. The van der Waals surface area contributed by atoms with Crippen LogP contribution in [-0.4, -0.2) is 29.6 Å². The Kier molecular flexibility index (Phi) is 17.4. The van der Waals surface area contributed by atoms with Crippen LogP contribution in [0.2, 0.25) is 0 Å². The van der Waals surface area contributed by atoms with Crippen LogP contribution in [0, 0.1) is 11.3 Å². The van der Waals surface area contributed by atoms with Crippen molar-refractivity contribution in [2.45, 2.75) is 105 Å². The van der Waals surface area contributed by atoms with Crippen molar-refractivity contribution in [2.75, 3.05) is 17.7 Å². The Morgan fingerprint density at radius 1 is 0.661 bits per heavy atom. The van der Waals surface area contributed by atoms with Gasteiger partial charge in [0.1, 0.15) is 11.5 Å². The molecule has 0 atom stereocenters. The van der Waals surface area contributed by atoms with Gasteiger partial charge in [0.2, 0.25) is 0 Å². The van der Waals surface area contributed by atoms with Gasteiger partial charge in [0.05, 0.1) is 35.2 Å². The Hall–Kier alpha value is -6.80. The van der Waals surface area contributed by atoms with E-state index >= 15 is 0 Å². The first-order chi connectivity index (χ1) is 30.0. The van der Waals surface area contributed by atoms with Crippen LogP contribution >= 0.6 is 0 Å². The summed E-state index contributed by atoms with van der Waals surface area (Å²) in [6, 6.07) is 29.0. The summed E-state index contributed by atoms with van der Waals surface area (Å²) in [5.41, 5.74) is 16.5. The van der Waals surface area contributed by atoms with Crippen LogP contribution < -0.4 is 20.5 Å². The molecule has 0 bridgehead atoms. The number of azo groups is 1.